The van der Waals surface area contributed by atoms with Crippen LogP contribution in [0.4, 0.5) is 5.69 Å². The molecular weight excluding hydrogens is 264 g/mol. The van der Waals surface area contributed by atoms with Gasteiger partial charge < -0.3 is 10.3 Å². The second-order valence-corrected chi connectivity index (χ2v) is 5.65. The maximum absolute atomic E-state index is 11.4. The van der Waals surface area contributed by atoms with Crippen LogP contribution in [-0.2, 0) is 11.3 Å². The summed E-state index contributed by atoms with van der Waals surface area (Å²) >= 11 is 0. The molecule has 0 radical (unpaired) electrons. The maximum atomic E-state index is 11.4. The molecule has 0 saturated carbocycles. The fourth-order valence-corrected chi connectivity index (χ4v) is 2.79. The van der Waals surface area contributed by atoms with Crippen molar-refractivity contribution in [1.82, 2.24) is 14.9 Å². The molecule has 5 nitrogen and oxygen atoms in total. The number of anilines is 1. The van der Waals surface area contributed by atoms with Gasteiger partial charge in [0.25, 0.3) is 0 Å². The molecule has 112 valence electrons. The van der Waals surface area contributed by atoms with Crippen molar-refractivity contribution in [2.45, 2.75) is 39.2 Å². The topological polar surface area (TPSA) is 61.0 Å². The zero-order valence-corrected chi connectivity index (χ0v) is 12.5. The molecule has 1 fully saturated rings. The van der Waals surface area contributed by atoms with E-state index in [2.05, 4.69) is 20.2 Å². The number of piperidine rings is 1. The van der Waals surface area contributed by atoms with Gasteiger partial charge in [0.2, 0.25) is 5.91 Å². The normalized spacial score (nSPS) is 16.2. The molecule has 5 heteroatoms. The van der Waals surface area contributed by atoms with E-state index >= 15 is 0 Å². The van der Waals surface area contributed by atoms with Gasteiger partial charge in [-0.3, -0.25) is 9.69 Å². The average molecular weight is 286 g/mol. The highest BCUT2D eigenvalue weighted by molar-refractivity contribution is 5.92. The molecule has 1 saturated heterocycles. The number of hydrogen-bond donors (Lipinski definition) is 2. The lowest BCUT2D eigenvalue weighted by atomic mass is 10.1. The molecule has 21 heavy (non-hydrogen) atoms. The zero-order chi connectivity index (χ0) is 14.7. The number of carbonyl (C=O) groups is 1. The van der Waals surface area contributed by atoms with Gasteiger partial charge in [-0.25, -0.2) is 4.98 Å². The number of benzene rings is 1. The summed E-state index contributed by atoms with van der Waals surface area (Å²) in [6, 6.07) is 5.81. The fraction of sp³-hybridized carbons (Fsp3) is 0.500. The third-order valence-corrected chi connectivity index (χ3v) is 3.96. The van der Waals surface area contributed by atoms with Crippen molar-refractivity contribution in [3.8, 4) is 0 Å². The smallest absolute Gasteiger partial charge is 0.224 e. The van der Waals surface area contributed by atoms with Crippen LogP contribution in [-0.4, -0.2) is 33.9 Å². The number of fused-ring (bicyclic) bond motifs is 1. The minimum absolute atomic E-state index is 0.0300. The van der Waals surface area contributed by atoms with Crippen molar-refractivity contribution >= 4 is 22.6 Å². The molecule has 3 rings (SSSR count). The number of H-pyrrole nitrogens is 1. The van der Waals surface area contributed by atoms with Crippen LogP contribution in [0.5, 0.6) is 0 Å². The van der Waals surface area contributed by atoms with Crippen molar-refractivity contribution in [1.29, 1.82) is 0 Å². The van der Waals surface area contributed by atoms with Gasteiger partial charge in [0, 0.05) is 12.1 Å². The quantitative estimate of drug-likeness (QED) is 0.908. The second-order valence-electron chi connectivity index (χ2n) is 5.65. The van der Waals surface area contributed by atoms with E-state index in [9.17, 15) is 4.79 Å². The van der Waals surface area contributed by atoms with Crippen LogP contribution in [0, 0.1) is 0 Å². The zero-order valence-electron chi connectivity index (χ0n) is 12.5. The van der Waals surface area contributed by atoms with Crippen molar-refractivity contribution in [3.63, 3.8) is 0 Å². The van der Waals surface area contributed by atoms with Gasteiger partial charge >= 0.3 is 0 Å². The second kappa shape index (κ2) is 6.26. The number of rotatable bonds is 4. The summed E-state index contributed by atoms with van der Waals surface area (Å²) in [5.41, 5.74) is 2.76. The molecule has 0 bridgehead atoms. The van der Waals surface area contributed by atoms with E-state index in [4.69, 9.17) is 0 Å². The Balaban J connectivity index is 1.74. The number of hydrogen-bond acceptors (Lipinski definition) is 3. The Kier molecular flexibility index (Phi) is 4.20. The number of nitrogens with one attached hydrogen (secondary N) is 2. The third-order valence-electron chi connectivity index (χ3n) is 3.96. The Labute approximate surface area is 124 Å². The van der Waals surface area contributed by atoms with Gasteiger partial charge in [-0.2, -0.15) is 0 Å². The van der Waals surface area contributed by atoms with Crippen LogP contribution in [0.1, 0.15) is 38.4 Å². The summed E-state index contributed by atoms with van der Waals surface area (Å²) in [6.07, 6.45) is 4.40. The Morgan fingerprint density at radius 2 is 2.14 bits per heavy atom. The lowest BCUT2D eigenvalue weighted by Gasteiger charge is -2.25. The highest BCUT2D eigenvalue weighted by Crippen LogP contribution is 2.19. The number of imidazole rings is 1. The standard InChI is InChI=1S/C16H22N4O/c1-2-16(21)17-12-6-7-13-14(10-12)19-15(18-13)11-20-8-4-3-5-9-20/h6-7,10H,2-5,8-9,11H2,1H3,(H,17,21)(H,18,19). The van der Waals surface area contributed by atoms with E-state index in [0.29, 0.717) is 6.42 Å². The lowest BCUT2D eigenvalue weighted by Crippen LogP contribution is -2.29. The first-order chi connectivity index (χ1) is 10.2. The molecule has 0 unspecified atom stereocenters. The Hall–Kier alpha value is -1.88. The van der Waals surface area contributed by atoms with Crippen molar-refractivity contribution in [2.75, 3.05) is 18.4 Å². The Morgan fingerprint density at radius 1 is 1.33 bits per heavy atom. The molecule has 2 N–H and O–H groups in total. The summed E-state index contributed by atoms with van der Waals surface area (Å²) < 4.78 is 0. The monoisotopic (exact) mass is 286 g/mol. The fourth-order valence-electron chi connectivity index (χ4n) is 2.79. The average Bonchev–Trinajstić information content (AvgIpc) is 2.89. The van der Waals surface area contributed by atoms with Gasteiger partial charge in [0.05, 0.1) is 17.6 Å². The molecular formula is C16H22N4O. The summed E-state index contributed by atoms with van der Waals surface area (Å²) in [7, 11) is 0. The van der Waals surface area contributed by atoms with Crippen molar-refractivity contribution in [2.24, 2.45) is 0 Å². The van der Waals surface area contributed by atoms with E-state index in [1.807, 2.05) is 25.1 Å². The summed E-state index contributed by atoms with van der Waals surface area (Å²) in [5, 5.41) is 2.88. The van der Waals surface area contributed by atoms with Crippen LogP contribution in [0.2, 0.25) is 0 Å². The number of likely N-dealkylation sites (tertiary alicyclic amines) is 1. The largest absolute Gasteiger partial charge is 0.341 e. The van der Waals surface area contributed by atoms with Crippen LogP contribution >= 0.6 is 0 Å². The van der Waals surface area contributed by atoms with Gasteiger partial charge in [-0.15, -0.1) is 0 Å². The molecule has 0 aliphatic carbocycles. The maximum Gasteiger partial charge on any atom is 0.224 e. The first-order valence-electron chi connectivity index (χ1n) is 7.75. The van der Waals surface area contributed by atoms with Gasteiger partial charge in [0.1, 0.15) is 5.82 Å². The highest BCUT2D eigenvalue weighted by Gasteiger charge is 2.13. The first kappa shape index (κ1) is 14.1. The van der Waals surface area contributed by atoms with Crippen molar-refractivity contribution < 1.29 is 4.79 Å². The molecule has 2 heterocycles. The summed E-state index contributed by atoms with van der Waals surface area (Å²) in [4.78, 5) is 21.9. The molecule has 0 spiro atoms. The predicted molar refractivity (Wildman–Crippen MR) is 84.1 cm³/mol. The van der Waals surface area contributed by atoms with Gasteiger partial charge in [-0.05, 0) is 44.1 Å². The van der Waals surface area contributed by atoms with Gasteiger partial charge in [-0.1, -0.05) is 13.3 Å². The Bertz CT molecular complexity index is 628. The minimum Gasteiger partial charge on any atom is -0.341 e. The number of nitrogens with zero attached hydrogens (tertiary/aromatic N) is 2. The summed E-state index contributed by atoms with van der Waals surface area (Å²) in [6.45, 7) is 5.05. The van der Waals surface area contributed by atoms with E-state index in [1.54, 1.807) is 0 Å². The molecule has 1 aromatic heterocycles. The predicted octanol–water partition coefficient (Wildman–Crippen LogP) is 2.90. The minimum atomic E-state index is 0.0300. The SMILES string of the molecule is CCC(=O)Nc1ccc2nc(CN3CCCCC3)[nH]c2c1. The summed E-state index contributed by atoms with van der Waals surface area (Å²) in [5.74, 6) is 1.04. The molecule has 0 atom stereocenters. The Morgan fingerprint density at radius 3 is 2.90 bits per heavy atom. The number of carbonyl (C=O) groups excluding carboxylic acids is 1. The lowest BCUT2D eigenvalue weighted by molar-refractivity contribution is -0.115. The first-order valence-corrected chi connectivity index (χ1v) is 7.75. The molecule has 1 aliphatic rings. The van der Waals surface area contributed by atoms with Crippen LogP contribution in [0.15, 0.2) is 18.2 Å². The van der Waals surface area contributed by atoms with E-state index in [1.165, 1.54) is 19.3 Å². The van der Waals surface area contributed by atoms with Crippen LogP contribution < -0.4 is 5.32 Å². The van der Waals surface area contributed by atoms with Gasteiger partial charge in [0.15, 0.2) is 0 Å². The molecule has 1 aromatic carbocycles. The van der Waals surface area contributed by atoms with Crippen molar-refractivity contribution in [3.05, 3.63) is 24.0 Å². The highest BCUT2D eigenvalue weighted by atomic mass is 16.1. The third kappa shape index (κ3) is 3.42. The van der Waals surface area contributed by atoms with Crippen LogP contribution in [0.25, 0.3) is 11.0 Å². The number of aromatic nitrogens is 2. The molecule has 1 aliphatic heterocycles. The number of amides is 1. The van der Waals surface area contributed by atoms with Crippen LogP contribution in [0.3, 0.4) is 0 Å². The van der Waals surface area contributed by atoms with E-state index < -0.39 is 0 Å². The molecule has 1 amide bonds. The number of aromatic amines is 1. The van der Waals surface area contributed by atoms with E-state index in [-0.39, 0.29) is 5.91 Å². The van der Waals surface area contributed by atoms with E-state index in [0.717, 1.165) is 42.2 Å². The molecule has 2 aromatic rings.